The highest BCUT2D eigenvalue weighted by Gasteiger charge is 2.35. The molecule has 0 aliphatic heterocycles. The Morgan fingerprint density at radius 3 is 2.29 bits per heavy atom. The first-order valence-electron chi connectivity index (χ1n) is 5.83. The van der Waals surface area contributed by atoms with Gasteiger partial charge in [0.2, 0.25) is 0 Å². The van der Waals surface area contributed by atoms with Crippen molar-refractivity contribution in [2.24, 2.45) is 0 Å². The number of halogens is 3. The number of hydrogen-bond donors (Lipinski definition) is 0. The summed E-state index contributed by atoms with van der Waals surface area (Å²) in [4.78, 5) is 0. The van der Waals surface area contributed by atoms with Crippen LogP contribution in [0.1, 0.15) is 39.0 Å². The van der Waals surface area contributed by atoms with Crippen LogP contribution in [0.5, 0.6) is 0 Å². The molecule has 0 spiro atoms. The zero-order valence-corrected chi connectivity index (χ0v) is 10.7. The standard InChI is InChI=1S/C10H18F3O3P/c1-2-17(14,15-8-10(11,12)13)16-9-6-4-3-5-7-9/h9H,2-8H2,1H3. The molecular weight excluding hydrogens is 256 g/mol. The first kappa shape index (κ1) is 15.0. The third-order valence-corrected chi connectivity index (χ3v) is 4.59. The van der Waals surface area contributed by atoms with Crippen molar-refractivity contribution >= 4 is 7.60 Å². The molecule has 0 radical (unpaired) electrons. The Morgan fingerprint density at radius 2 is 1.82 bits per heavy atom. The molecule has 7 heteroatoms. The quantitative estimate of drug-likeness (QED) is 0.707. The Kier molecular flexibility index (Phi) is 5.48. The largest absolute Gasteiger partial charge is 0.412 e. The first-order chi connectivity index (χ1) is 7.85. The average molecular weight is 274 g/mol. The van der Waals surface area contributed by atoms with E-state index in [4.69, 9.17) is 4.52 Å². The van der Waals surface area contributed by atoms with E-state index in [1.54, 1.807) is 0 Å². The summed E-state index contributed by atoms with van der Waals surface area (Å²) in [6, 6.07) is 0. The van der Waals surface area contributed by atoms with Gasteiger partial charge >= 0.3 is 13.8 Å². The van der Waals surface area contributed by atoms with Gasteiger partial charge in [0.05, 0.1) is 6.10 Å². The first-order valence-corrected chi connectivity index (χ1v) is 7.56. The van der Waals surface area contributed by atoms with E-state index in [-0.39, 0.29) is 12.3 Å². The van der Waals surface area contributed by atoms with Gasteiger partial charge in [-0.15, -0.1) is 0 Å². The maximum absolute atomic E-state index is 12.0. The molecule has 0 bridgehead atoms. The fraction of sp³-hybridized carbons (Fsp3) is 1.00. The summed E-state index contributed by atoms with van der Waals surface area (Å²) in [5, 5.41) is 0. The molecule has 102 valence electrons. The van der Waals surface area contributed by atoms with Gasteiger partial charge in [-0.2, -0.15) is 13.2 Å². The van der Waals surface area contributed by atoms with Crippen molar-refractivity contribution in [3.05, 3.63) is 0 Å². The lowest BCUT2D eigenvalue weighted by Crippen LogP contribution is -2.20. The molecule has 1 atom stereocenters. The van der Waals surface area contributed by atoms with Crippen LogP contribution in [0.15, 0.2) is 0 Å². The van der Waals surface area contributed by atoms with Gasteiger partial charge in [-0.05, 0) is 12.8 Å². The average Bonchev–Trinajstić information content (AvgIpc) is 2.27. The Morgan fingerprint density at radius 1 is 1.24 bits per heavy atom. The van der Waals surface area contributed by atoms with E-state index in [0.717, 1.165) is 32.1 Å². The predicted molar refractivity (Wildman–Crippen MR) is 58.1 cm³/mol. The second kappa shape index (κ2) is 6.21. The Labute approximate surface area is 99.2 Å². The van der Waals surface area contributed by atoms with Gasteiger partial charge in [-0.1, -0.05) is 26.2 Å². The van der Waals surface area contributed by atoms with E-state index in [1.165, 1.54) is 6.92 Å². The van der Waals surface area contributed by atoms with Crippen molar-refractivity contribution in [1.29, 1.82) is 0 Å². The Hall–Kier alpha value is -0.0600. The molecule has 3 nitrogen and oxygen atoms in total. The number of rotatable bonds is 5. The second-order valence-electron chi connectivity index (χ2n) is 4.18. The van der Waals surface area contributed by atoms with Gasteiger partial charge < -0.3 is 4.52 Å². The van der Waals surface area contributed by atoms with Crippen molar-refractivity contribution in [3.8, 4) is 0 Å². The number of alkyl halides is 3. The third-order valence-electron chi connectivity index (χ3n) is 2.67. The van der Waals surface area contributed by atoms with E-state index in [0.29, 0.717) is 0 Å². The van der Waals surface area contributed by atoms with Crippen LogP contribution in [0.25, 0.3) is 0 Å². The van der Waals surface area contributed by atoms with E-state index < -0.39 is 20.4 Å². The van der Waals surface area contributed by atoms with Crippen molar-refractivity contribution in [2.75, 3.05) is 12.8 Å². The zero-order valence-electron chi connectivity index (χ0n) is 9.83. The van der Waals surface area contributed by atoms with Gasteiger partial charge in [0.25, 0.3) is 0 Å². The molecule has 0 aromatic rings. The molecule has 1 aliphatic rings. The fourth-order valence-electron chi connectivity index (χ4n) is 1.77. The normalized spacial score (nSPS) is 22.4. The predicted octanol–water partition coefficient (Wildman–Crippen LogP) is 4.13. The topological polar surface area (TPSA) is 35.5 Å². The molecule has 1 unspecified atom stereocenters. The van der Waals surface area contributed by atoms with Crippen LogP contribution in [-0.4, -0.2) is 25.0 Å². The minimum atomic E-state index is -4.47. The van der Waals surface area contributed by atoms with E-state index in [9.17, 15) is 17.7 Å². The van der Waals surface area contributed by atoms with E-state index in [2.05, 4.69) is 4.52 Å². The van der Waals surface area contributed by atoms with Gasteiger partial charge in [-0.25, -0.2) is 0 Å². The van der Waals surface area contributed by atoms with Crippen LogP contribution in [0.3, 0.4) is 0 Å². The maximum Gasteiger partial charge on any atom is 0.412 e. The highest BCUT2D eigenvalue weighted by molar-refractivity contribution is 7.53. The maximum atomic E-state index is 12.0. The molecule has 0 heterocycles. The minimum Gasteiger partial charge on any atom is -0.305 e. The van der Waals surface area contributed by atoms with E-state index >= 15 is 0 Å². The van der Waals surface area contributed by atoms with Crippen LogP contribution in [0.4, 0.5) is 13.2 Å². The van der Waals surface area contributed by atoms with Gasteiger partial charge in [0.1, 0.15) is 0 Å². The molecule has 0 aromatic carbocycles. The van der Waals surface area contributed by atoms with Gasteiger partial charge in [0.15, 0.2) is 6.61 Å². The third kappa shape index (κ3) is 5.89. The Balaban J connectivity index is 2.46. The van der Waals surface area contributed by atoms with Crippen molar-refractivity contribution in [3.63, 3.8) is 0 Å². The van der Waals surface area contributed by atoms with Crippen LogP contribution in [-0.2, 0) is 13.6 Å². The van der Waals surface area contributed by atoms with Crippen molar-refractivity contribution in [1.82, 2.24) is 0 Å². The van der Waals surface area contributed by atoms with Crippen LogP contribution < -0.4 is 0 Å². The van der Waals surface area contributed by atoms with E-state index in [1.807, 2.05) is 0 Å². The van der Waals surface area contributed by atoms with Gasteiger partial charge in [0, 0.05) is 6.16 Å². The summed E-state index contributed by atoms with van der Waals surface area (Å²) in [5.41, 5.74) is 0. The summed E-state index contributed by atoms with van der Waals surface area (Å²) in [6.07, 6.45) is -0.192. The van der Waals surface area contributed by atoms with Crippen LogP contribution >= 0.6 is 7.60 Å². The highest BCUT2D eigenvalue weighted by Crippen LogP contribution is 2.51. The molecule has 0 N–H and O–H groups in total. The lowest BCUT2D eigenvalue weighted by molar-refractivity contribution is -0.155. The SMILES string of the molecule is CCP(=O)(OCC(F)(F)F)OC1CCCCC1. The smallest absolute Gasteiger partial charge is 0.305 e. The summed E-state index contributed by atoms with van der Waals surface area (Å²) >= 11 is 0. The molecule has 0 amide bonds. The van der Waals surface area contributed by atoms with Crippen molar-refractivity contribution < 1.29 is 26.8 Å². The summed E-state index contributed by atoms with van der Waals surface area (Å²) in [6.45, 7) is 0.00478. The summed E-state index contributed by atoms with van der Waals surface area (Å²) in [7, 11) is -3.59. The van der Waals surface area contributed by atoms with Crippen LogP contribution in [0.2, 0.25) is 0 Å². The lowest BCUT2D eigenvalue weighted by Gasteiger charge is -2.26. The molecule has 1 rings (SSSR count). The van der Waals surface area contributed by atoms with Crippen molar-refractivity contribution in [2.45, 2.75) is 51.3 Å². The number of hydrogen-bond acceptors (Lipinski definition) is 3. The van der Waals surface area contributed by atoms with Crippen LogP contribution in [0, 0.1) is 0 Å². The zero-order chi connectivity index (χ0) is 12.9. The molecule has 17 heavy (non-hydrogen) atoms. The molecule has 0 saturated heterocycles. The lowest BCUT2D eigenvalue weighted by atomic mass is 9.98. The molecule has 0 aromatic heterocycles. The van der Waals surface area contributed by atoms with Gasteiger partial charge in [-0.3, -0.25) is 9.09 Å². The summed E-state index contributed by atoms with van der Waals surface area (Å²) in [5.74, 6) is 0. The minimum absolute atomic E-state index is 0.0282. The highest BCUT2D eigenvalue weighted by atomic mass is 31.2. The fourth-order valence-corrected chi connectivity index (χ4v) is 3.17. The Bertz CT molecular complexity index is 274. The summed E-state index contributed by atoms with van der Waals surface area (Å²) < 4.78 is 57.7. The monoisotopic (exact) mass is 274 g/mol. The molecular formula is C10H18F3O3P. The molecule has 1 saturated carbocycles. The molecule has 1 fully saturated rings. The second-order valence-corrected chi connectivity index (χ2v) is 6.50. The molecule has 1 aliphatic carbocycles.